The third kappa shape index (κ3) is 5.49. The van der Waals surface area contributed by atoms with Gasteiger partial charge in [-0.1, -0.05) is 12.1 Å². The summed E-state index contributed by atoms with van der Waals surface area (Å²) in [5.41, 5.74) is 3.57. The Kier molecular flexibility index (Phi) is 8.53. The molecule has 0 spiro atoms. The zero-order chi connectivity index (χ0) is 19.6. The van der Waals surface area contributed by atoms with E-state index in [2.05, 4.69) is 48.9 Å². The molecule has 0 aromatic carbocycles. The van der Waals surface area contributed by atoms with Gasteiger partial charge in [0.05, 0.1) is 5.69 Å². The average molecular weight is 466 g/mol. The zero-order valence-corrected chi connectivity index (χ0v) is 19.5. The lowest BCUT2D eigenvalue weighted by Gasteiger charge is -2.37. The van der Waals surface area contributed by atoms with Gasteiger partial charge in [0, 0.05) is 62.6 Å². The number of hydrogen-bond donors (Lipinski definition) is 1. The number of rotatable bonds is 4. The maximum absolute atomic E-state index is 13.2. The minimum absolute atomic E-state index is 0. The van der Waals surface area contributed by atoms with Gasteiger partial charge in [-0.05, 0) is 56.6 Å². The van der Waals surface area contributed by atoms with Crippen molar-refractivity contribution < 1.29 is 0 Å². The first-order valence-electron chi connectivity index (χ1n) is 11.0. The van der Waals surface area contributed by atoms with Crippen LogP contribution in [0, 0.1) is 5.92 Å². The van der Waals surface area contributed by atoms with E-state index in [0.29, 0.717) is 11.8 Å². The molecule has 0 unspecified atom stereocenters. The van der Waals surface area contributed by atoms with Gasteiger partial charge in [-0.15, -0.1) is 24.8 Å². The highest BCUT2D eigenvalue weighted by Crippen LogP contribution is 2.31. The third-order valence-corrected chi connectivity index (χ3v) is 6.77. The molecule has 0 saturated carbocycles. The van der Waals surface area contributed by atoms with E-state index < -0.39 is 0 Å². The topological polar surface area (TPSA) is 53.4 Å². The summed E-state index contributed by atoms with van der Waals surface area (Å²) in [7, 11) is 0. The van der Waals surface area contributed by atoms with Gasteiger partial charge in [-0.3, -0.25) is 19.6 Å². The second kappa shape index (κ2) is 10.9. The Bertz CT molecular complexity index is 907. The van der Waals surface area contributed by atoms with Gasteiger partial charge in [0.1, 0.15) is 0 Å². The molecule has 3 aliphatic rings. The van der Waals surface area contributed by atoms with Gasteiger partial charge in [0.15, 0.2) is 0 Å². The lowest BCUT2D eigenvalue weighted by atomic mass is 9.84. The predicted molar refractivity (Wildman–Crippen MR) is 128 cm³/mol. The molecule has 2 fully saturated rings. The lowest BCUT2D eigenvalue weighted by molar-refractivity contribution is 0.240. The van der Waals surface area contributed by atoms with Crippen molar-refractivity contribution >= 4 is 24.8 Å². The van der Waals surface area contributed by atoms with Crippen molar-refractivity contribution in [3.63, 3.8) is 0 Å². The molecular formula is C23H33Cl2N5O. The molecule has 0 aliphatic carbocycles. The van der Waals surface area contributed by atoms with E-state index in [1.165, 1.54) is 12.1 Å². The minimum Gasteiger partial charge on any atom is -0.316 e. The van der Waals surface area contributed by atoms with Gasteiger partial charge >= 0.3 is 0 Å². The Morgan fingerprint density at radius 3 is 2.55 bits per heavy atom. The number of piperidine rings is 1. The molecule has 31 heavy (non-hydrogen) atoms. The van der Waals surface area contributed by atoms with Crippen LogP contribution in [0.15, 0.2) is 41.3 Å². The monoisotopic (exact) mass is 465 g/mol. The molecule has 0 amide bonds. The van der Waals surface area contributed by atoms with Crippen molar-refractivity contribution in [3.05, 3.63) is 63.8 Å². The quantitative estimate of drug-likeness (QED) is 0.751. The van der Waals surface area contributed by atoms with E-state index in [-0.39, 0.29) is 30.4 Å². The van der Waals surface area contributed by atoms with Crippen molar-refractivity contribution in [2.75, 3.05) is 39.3 Å². The van der Waals surface area contributed by atoms with E-state index in [9.17, 15) is 4.79 Å². The lowest BCUT2D eigenvalue weighted by Crippen LogP contribution is -2.45. The summed E-state index contributed by atoms with van der Waals surface area (Å²) in [5.74, 6) is 1.11. The first-order valence-corrected chi connectivity index (χ1v) is 11.0. The summed E-state index contributed by atoms with van der Waals surface area (Å²) < 4.78 is 2.08. The maximum Gasteiger partial charge on any atom is 0.255 e. The molecule has 3 aliphatic heterocycles. The summed E-state index contributed by atoms with van der Waals surface area (Å²) in [6, 6.07) is 10.4. The summed E-state index contributed by atoms with van der Waals surface area (Å²) in [5, 5.41) is 3.52. The van der Waals surface area contributed by atoms with Gasteiger partial charge in [-0.2, -0.15) is 0 Å². The van der Waals surface area contributed by atoms with Crippen LogP contribution in [-0.4, -0.2) is 58.6 Å². The molecule has 2 aromatic heterocycles. The number of aromatic nitrogens is 2. The van der Waals surface area contributed by atoms with Gasteiger partial charge < -0.3 is 9.88 Å². The summed E-state index contributed by atoms with van der Waals surface area (Å²) in [4.78, 5) is 22.6. The van der Waals surface area contributed by atoms with Gasteiger partial charge in [-0.25, -0.2) is 0 Å². The number of pyridine rings is 2. The van der Waals surface area contributed by atoms with Crippen LogP contribution in [0.5, 0.6) is 0 Å². The highest BCUT2D eigenvalue weighted by molar-refractivity contribution is 5.85. The number of halogens is 2. The smallest absolute Gasteiger partial charge is 0.255 e. The fourth-order valence-electron chi connectivity index (χ4n) is 5.26. The van der Waals surface area contributed by atoms with Crippen molar-refractivity contribution in [3.8, 4) is 0 Å². The molecule has 170 valence electrons. The number of hydrogen-bond acceptors (Lipinski definition) is 5. The molecule has 1 N–H and O–H groups in total. The summed E-state index contributed by atoms with van der Waals surface area (Å²) in [6.07, 6.45) is 4.23. The van der Waals surface area contributed by atoms with Crippen molar-refractivity contribution in [1.82, 2.24) is 24.7 Å². The Balaban J connectivity index is 0.00000136. The minimum atomic E-state index is 0. The highest BCUT2D eigenvalue weighted by Gasteiger charge is 2.31. The van der Waals surface area contributed by atoms with E-state index in [1.54, 1.807) is 0 Å². The average Bonchev–Trinajstić information content (AvgIpc) is 2.97. The van der Waals surface area contributed by atoms with Crippen LogP contribution in [0.2, 0.25) is 0 Å². The standard InChI is InChI=1S/C23H31N5O.2ClH/c29-23-19(5-6-22-20-12-18(13-24-14-20)15-28(22)23)16-26-8-3-9-27(11-10-26)17-21-4-1-2-7-25-21;;/h1-2,4-7,18,20,24H,3,8-17H2;2*1H/t18-,20+;;/m0../s1. The molecule has 2 atom stereocenters. The van der Waals surface area contributed by atoms with Crippen LogP contribution in [0.3, 0.4) is 0 Å². The molecule has 8 heteroatoms. The molecule has 2 aromatic rings. The molecule has 2 saturated heterocycles. The van der Waals surface area contributed by atoms with Crippen LogP contribution in [-0.2, 0) is 19.6 Å². The largest absolute Gasteiger partial charge is 0.316 e. The molecule has 0 radical (unpaired) electrons. The summed E-state index contributed by atoms with van der Waals surface area (Å²) >= 11 is 0. The molecule has 5 heterocycles. The maximum atomic E-state index is 13.2. The van der Waals surface area contributed by atoms with E-state index in [0.717, 1.165) is 76.6 Å². The molecular weight excluding hydrogens is 433 g/mol. The fraction of sp³-hybridized carbons (Fsp3) is 0.565. The zero-order valence-electron chi connectivity index (χ0n) is 17.9. The third-order valence-electron chi connectivity index (χ3n) is 6.77. The van der Waals surface area contributed by atoms with Crippen molar-refractivity contribution in [1.29, 1.82) is 0 Å². The Morgan fingerprint density at radius 1 is 0.968 bits per heavy atom. The Labute approximate surface area is 196 Å². The van der Waals surface area contributed by atoms with E-state index in [1.807, 2.05) is 12.3 Å². The Hall–Kier alpha value is -1.44. The normalized spacial score (nSPS) is 23.7. The van der Waals surface area contributed by atoms with Gasteiger partial charge in [0.25, 0.3) is 5.56 Å². The summed E-state index contributed by atoms with van der Waals surface area (Å²) in [6.45, 7) is 8.78. The fourth-order valence-corrected chi connectivity index (χ4v) is 5.26. The van der Waals surface area contributed by atoms with Crippen molar-refractivity contribution in [2.24, 2.45) is 5.92 Å². The number of nitrogens with zero attached hydrogens (tertiary/aromatic N) is 4. The first-order chi connectivity index (χ1) is 14.3. The number of fused-ring (bicyclic) bond motifs is 4. The first kappa shape index (κ1) is 24.2. The molecule has 6 nitrogen and oxygen atoms in total. The highest BCUT2D eigenvalue weighted by atomic mass is 35.5. The second-order valence-electron chi connectivity index (χ2n) is 8.88. The molecule has 5 rings (SSSR count). The van der Waals surface area contributed by atoms with E-state index >= 15 is 0 Å². The second-order valence-corrected chi connectivity index (χ2v) is 8.88. The predicted octanol–water partition coefficient (Wildman–Crippen LogP) is 2.50. The van der Waals surface area contributed by atoms with Gasteiger partial charge in [0.2, 0.25) is 0 Å². The van der Waals surface area contributed by atoms with Crippen LogP contribution in [0.25, 0.3) is 0 Å². The number of nitrogens with one attached hydrogen (secondary N) is 1. The van der Waals surface area contributed by atoms with Crippen LogP contribution >= 0.6 is 24.8 Å². The van der Waals surface area contributed by atoms with Crippen LogP contribution in [0.1, 0.15) is 35.7 Å². The Morgan fingerprint density at radius 2 is 1.77 bits per heavy atom. The van der Waals surface area contributed by atoms with E-state index in [4.69, 9.17) is 0 Å². The van der Waals surface area contributed by atoms with Crippen LogP contribution in [0.4, 0.5) is 0 Å². The molecule has 2 bridgehead atoms. The SMILES string of the molecule is Cl.Cl.O=c1c(CN2CCCN(Cc3ccccn3)CC2)ccc2n1C[C@@H]1CNC[C@H]2C1. The van der Waals surface area contributed by atoms with Crippen LogP contribution < -0.4 is 10.9 Å². The van der Waals surface area contributed by atoms with Crippen molar-refractivity contribution in [2.45, 2.75) is 38.4 Å².